The predicted octanol–water partition coefficient (Wildman–Crippen LogP) is 2.48. The van der Waals surface area contributed by atoms with E-state index >= 15 is 0 Å². The Hall–Kier alpha value is -1.75. The second-order valence-corrected chi connectivity index (χ2v) is 5.51. The predicted molar refractivity (Wildman–Crippen MR) is 79.5 cm³/mol. The Bertz CT molecular complexity index is 481. The smallest absolute Gasteiger partial charge is 0.303 e. The Morgan fingerprint density at radius 2 is 2.10 bits per heavy atom. The number of aromatic hydroxyl groups is 1. The van der Waals surface area contributed by atoms with Gasteiger partial charge < -0.3 is 14.9 Å². The number of phenolic OH excluding ortho intramolecular Hbond substituents is 1. The second-order valence-electron chi connectivity index (χ2n) is 5.51. The van der Waals surface area contributed by atoms with E-state index in [4.69, 9.17) is 9.84 Å². The van der Waals surface area contributed by atoms with E-state index in [1.54, 1.807) is 6.07 Å². The SMILES string of the molecule is CCOc1cccc(CN2CCC(CC(=O)O)CC2)c1O. The van der Waals surface area contributed by atoms with Crippen LogP contribution in [-0.4, -0.2) is 40.8 Å². The molecule has 116 valence electrons. The summed E-state index contributed by atoms with van der Waals surface area (Å²) in [4.78, 5) is 13.0. The molecule has 0 saturated carbocycles. The van der Waals surface area contributed by atoms with Gasteiger partial charge in [0, 0.05) is 18.5 Å². The standard InChI is InChI=1S/C16H23NO4/c1-2-21-14-5-3-4-13(16(14)20)11-17-8-6-12(7-9-17)10-15(18)19/h3-5,12,20H,2,6-11H2,1H3,(H,18,19). The fourth-order valence-electron chi connectivity index (χ4n) is 2.80. The van der Waals surface area contributed by atoms with Crippen LogP contribution in [0.25, 0.3) is 0 Å². The van der Waals surface area contributed by atoms with E-state index < -0.39 is 5.97 Å². The molecule has 5 heteroatoms. The average molecular weight is 293 g/mol. The van der Waals surface area contributed by atoms with Crippen molar-refractivity contribution >= 4 is 5.97 Å². The van der Waals surface area contributed by atoms with Gasteiger partial charge in [-0.2, -0.15) is 0 Å². The number of carboxylic acid groups (broad SMARTS) is 1. The minimum Gasteiger partial charge on any atom is -0.504 e. The zero-order valence-corrected chi connectivity index (χ0v) is 12.4. The third-order valence-corrected chi connectivity index (χ3v) is 3.95. The summed E-state index contributed by atoms with van der Waals surface area (Å²) in [5.74, 6) is 0.306. The molecule has 2 rings (SSSR count). The van der Waals surface area contributed by atoms with Crippen molar-refractivity contribution in [3.05, 3.63) is 23.8 Å². The van der Waals surface area contributed by atoms with Gasteiger partial charge in [-0.3, -0.25) is 9.69 Å². The van der Waals surface area contributed by atoms with Crippen LogP contribution in [0.15, 0.2) is 18.2 Å². The van der Waals surface area contributed by atoms with Crippen molar-refractivity contribution in [1.29, 1.82) is 0 Å². The van der Waals surface area contributed by atoms with Crippen LogP contribution < -0.4 is 4.74 Å². The van der Waals surface area contributed by atoms with Crippen molar-refractivity contribution < 1.29 is 19.7 Å². The molecule has 1 saturated heterocycles. The fourth-order valence-corrected chi connectivity index (χ4v) is 2.80. The second kappa shape index (κ2) is 7.31. The number of nitrogens with zero attached hydrogens (tertiary/aromatic N) is 1. The molecular weight excluding hydrogens is 270 g/mol. The van der Waals surface area contributed by atoms with Crippen LogP contribution in [-0.2, 0) is 11.3 Å². The van der Waals surface area contributed by atoms with E-state index in [-0.39, 0.29) is 18.1 Å². The van der Waals surface area contributed by atoms with Crippen molar-refractivity contribution in [2.24, 2.45) is 5.92 Å². The van der Waals surface area contributed by atoms with Gasteiger partial charge >= 0.3 is 5.97 Å². The van der Waals surface area contributed by atoms with E-state index in [1.165, 1.54) is 0 Å². The molecule has 0 spiro atoms. The molecular formula is C16H23NO4. The van der Waals surface area contributed by atoms with Crippen LogP contribution >= 0.6 is 0 Å². The number of phenols is 1. The average Bonchev–Trinajstić information content (AvgIpc) is 2.45. The number of hydrogen-bond acceptors (Lipinski definition) is 4. The molecule has 1 aromatic rings. The van der Waals surface area contributed by atoms with Gasteiger partial charge in [-0.05, 0) is 44.8 Å². The maximum atomic E-state index is 10.7. The third kappa shape index (κ3) is 4.36. The fraction of sp³-hybridized carbons (Fsp3) is 0.562. The molecule has 0 unspecified atom stereocenters. The molecule has 1 heterocycles. The maximum absolute atomic E-state index is 10.7. The summed E-state index contributed by atoms with van der Waals surface area (Å²) in [6.07, 6.45) is 2.06. The van der Waals surface area contributed by atoms with Gasteiger partial charge in [0.15, 0.2) is 11.5 Å². The van der Waals surface area contributed by atoms with Crippen molar-refractivity contribution in [2.75, 3.05) is 19.7 Å². The molecule has 21 heavy (non-hydrogen) atoms. The summed E-state index contributed by atoms with van der Waals surface area (Å²) < 4.78 is 5.39. The Morgan fingerprint density at radius 1 is 1.38 bits per heavy atom. The van der Waals surface area contributed by atoms with Gasteiger partial charge in [-0.25, -0.2) is 0 Å². The first-order valence-electron chi connectivity index (χ1n) is 7.48. The van der Waals surface area contributed by atoms with E-state index in [2.05, 4.69) is 4.90 Å². The van der Waals surface area contributed by atoms with Gasteiger partial charge in [0.2, 0.25) is 0 Å². The minimum atomic E-state index is -0.712. The van der Waals surface area contributed by atoms with Gasteiger partial charge in [0.25, 0.3) is 0 Å². The third-order valence-electron chi connectivity index (χ3n) is 3.95. The Labute approximate surface area is 125 Å². The lowest BCUT2D eigenvalue weighted by molar-refractivity contribution is -0.138. The van der Waals surface area contributed by atoms with E-state index in [0.717, 1.165) is 31.5 Å². The van der Waals surface area contributed by atoms with Crippen molar-refractivity contribution in [3.63, 3.8) is 0 Å². The Kier molecular flexibility index (Phi) is 5.44. The summed E-state index contributed by atoms with van der Waals surface area (Å²) in [6.45, 7) is 4.83. The highest BCUT2D eigenvalue weighted by Crippen LogP contribution is 2.31. The van der Waals surface area contributed by atoms with E-state index in [1.807, 2.05) is 19.1 Å². The van der Waals surface area contributed by atoms with Crippen molar-refractivity contribution in [3.8, 4) is 11.5 Å². The molecule has 0 amide bonds. The lowest BCUT2D eigenvalue weighted by Crippen LogP contribution is -2.33. The highest BCUT2D eigenvalue weighted by atomic mass is 16.5. The maximum Gasteiger partial charge on any atom is 0.303 e. The van der Waals surface area contributed by atoms with Crippen LogP contribution in [0.5, 0.6) is 11.5 Å². The number of aliphatic carboxylic acids is 1. The van der Waals surface area contributed by atoms with E-state index in [0.29, 0.717) is 18.9 Å². The molecule has 0 aliphatic carbocycles. The molecule has 1 fully saturated rings. The largest absolute Gasteiger partial charge is 0.504 e. The molecule has 0 atom stereocenters. The molecule has 0 bridgehead atoms. The molecule has 1 aliphatic heterocycles. The quantitative estimate of drug-likeness (QED) is 0.843. The lowest BCUT2D eigenvalue weighted by atomic mass is 9.93. The number of ether oxygens (including phenoxy) is 1. The normalized spacial score (nSPS) is 16.8. The summed E-state index contributed by atoms with van der Waals surface area (Å²) in [5.41, 5.74) is 0.859. The van der Waals surface area contributed by atoms with Crippen LogP contribution in [0, 0.1) is 5.92 Å². The zero-order valence-electron chi connectivity index (χ0n) is 12.4. The van der Waals surface area contributed by atoms with Crippen LogP contribution in [0.3, 0.4) is 0 Å². The molecule has 0 radical (unpaired) electrons. The topological polar surface area (TPSA) is 70.0 Å². The number of benzene rings is 1. The number of carbonyl (C=O) groups is 1. The number of piperidine rings is 1. The highest BCUT2D eigenvalue weighted by Gasteiger charge is 2.22. The Balaban J connectivity index is 1.91. The zero-order chi connectivity index (χ0) is 15.2. The summed E-state index contributed by atoms with van der Waals surface area (Å²) in [5, 5.41) is 19.0. The number of hydrogen-bond donors (Lipinski definition) is 2. The van der Waals surface area contributed by atoms with Crippen LogP contribution in [0.4, 0.5) is 0 Å². The van der Waals surface area contributed by atoms with Gasteiger partial charge in [-0.1, -0.05) is 12.1 Å². The van der Waals surface area contributed by atoms with Gasteiger partial charge in [0.05, 0.1) is 6.61 Å². The Morgan fingerprint density at radius 3 is 2.71 bits per heavy atom. The number of likely N-dealkylation sites (tertiary alicyclic amines) is 1. The molecule has 2 N–H and O–H groups in total. The molecule has 1 aromatic carbocycles. The molecule has 1 aliphatic rings. The lowest BCUT2D eigenvalue weighted by Gasteiger charge is -2.31. The molecule has 5 nitrogen and oxygen atoms in total. The van der Waals surface area contributed by atoms with E-state index in [9.17, 15) is 9.90 Å². The number of para-hydroxylation sites is 1. The van der Waals surface area contributed by atoms with Gasteiger partial charge in [0.1, 0.15) is 0 Å². The number of carboxylic acids is 1. The summed E-state index contributed by atoms with van der Waals surface area (Å²) in [6, 6.07) is 5.56. The van der Waals surface area contributed by atoms with Crippen LogP contribution in [0.2, 0.25) is 0 Å². The highest BCUT2D eigenvalue weighted by molar-refractivity contribution is 5.67. The first-order chi connectivity index (χ1) is 10.1. The molecule has 0 aromatic heterocycles. The first kappa shape index (κ1) is 15.6. The number of rotatable bonds is 6. The van der Waals surface area contributed by atoms with Crippen LogP contribution in [0.1, 0.15) is 31.7 Å². The first-order valence-corrected chi connectivity index (χ1v) is 7.48. The summed E-state index contributed by atoms with van der Waals surface area (Å²) in [7, 11) is 0. The van der Waals surface area contributed by atoms with Gasteiger partial charge in [-0.15, -0.1) is 0 Å². The minimum absolute atomic E-state index is 0.215. The summed E-state index contributed by atoms with van der Waals surface area (Å²) >= 11 is 0. The van der Waals surface area contributed by atoms with Crippen molar-refractivity contribution in [2.45, 2.75) is 32.7 Å². The van der Waals surface area contributed by atoms with Crippen molar-refractivity contribution in [1.82, 2.24) is 4.90 Å². The monoisotopic (exact) mass is 293 g/mol.